The molecular weight excluding hydrogens is 272 g/mol. The van der Waals surface area contributed by atoms with Gasteiger partial charge in [0.05, 0.1) is 13.2 Å². The van der Waals surface area contributed by atoms with Crippen LogP contribution in [0.4, 0.5) is 0 Å². The normalized spacial score (nSPS) is 33.8. The Morgan fingerprint density at radius 2 is 2.05 bits per heavy atom. The van der Waals surface area contributed by atoms with Crippen molar-refractivity contribution in [1.29, 1.82) is 0 Å². The predicted octanol–water partition coefficient (Wildman–Crippen LogP) is 4.36. The highest BCUT2D eigenvalue weighted by Crippen LogP contribution is 2.57. The summed E-state index contributed by atoms with van der Waals surface area (Å²) in [6.45, 7) is 2.46. The van der Waals surface area contributed by atoms with E-state index >= 15 is 0 Å². The molecule has 0 heterocycles. The van der Waals surface area contributed by atoms with Gasteiger partial charge in [-0.25, -0.2) is 0 Å². The van der Waals surface area contributed by atoms with Gasteiger partial charge in [0.1, 0.15) is 5.75 Å². The molecule has 0 bridgehead atoms. The van der Waals surface area contributed by atoms with Crippen molar-refractivity contribution in [3.05, 3.63) is 34.9 Å². The molecule has 3 atom stereocenters. The van der Waals surface area contributed by atoms with Crippen LogP contribution in [0.15, 0.2) is 23.8 Å². The SMILES string of the molecule is COc1cccc2c1CCC1=C2CC[C@@H]2C[C@H](O)CC[C@]12C. The molecule has 3 aliphatic rings. The van der Waals surface area contributed by atoms with Crippen LogP contribution in [0.25, 0.3) is 5.57 Å². The minimum atomic E-state index is -0.0730. The molecule has 0 amide bonds. The van der Waals surface area contributed by atoms with Gasteiger partial charge in [-0.2, -0.15) is 0 Å². The smallest absolute Gasteiger partial charge is 0.122 e. The molecule has 1 saturated carbocycles. The fourth-order valence-corrected chi connectivity index (χ4v) is 5.31. The molecule has 1 aromatic carbocycles. The lowest BCUT2D eigenvalue weighted by atomic mass is 9.55. The minimum absolute atomic E-state index is 0.0730. The Kier molecular flexibility index (Phi) is 3.34. The van der Waals surface area contributed by atoms with Crippen molar-refractivity contribution in [3.63, 3.8) is 0 Å². The molecular formula is C20H26O2. The van der Waals surface area contributed by atoms with E-state index in [1.54, 1.807) is 18.3 Å². The third-order valence-electron chi connectivity index (χ3n) is 6.55. The second-order valence-corrected chi connectivity index (χ2v) is 7.52. The molecule has 0 unspecified atom stereocenters. The number of allylic oxidation sites excluding steroid dienone is 2. The van der Waals surface area contributed by atoms with E-state index in [0.717, 1.165) is 31.4 Å². The van der Waals surface area contributed by atoms with Crippen molar-refractivity contribution in [3.8, 4) is 5.75 Å². The summed E-state index contributed by atoms with van der Waals surface area (Å²) in [6.07, 6.45) is 7.71. The number of rotatable bonds is 1. The average molecular weight is 298 g/mol. The van der Waals surface area contributed by atoms with Crippen LogP contribution in [0, 0.1) is 11.3 Å². The Labute approximate surface area is 133 Å². The fraction of sp³-hybridized carbons (Fsp3) is 0.600. The van der Waals surface area contributed by atoms with E-state index in [9.17, 15) is 5.11 Å². The monoisotopic (exact) mass is 298 g/mol. The number of aliphatic hydroxyl groups excluding tert-OH is 1. The number of aliphatic hydroxyl groups is 1. The van der Waals surface area contributed by atoms with Crippen molar-refractivity contribution in [2.24, 2.45) is 11.3 Å². The van der Waals surface area contributed by atoms with Gasteiger partial charge in [-0.1, -0.05) is 24.6 Å². The summed E-state index contributed by atoms with van der Waals surface area (Å²) in [4.78, 5) is 0. The van der Waals surface area contributed by atoms with E-state index in [-0.39, 0.29) is 6.10 Å². The summed E-state index contributed by atoms with van der Waals surface area (Å²) in [7, 11) is 1.78. The maximum absolute atomic E-state index is 10.1. The first-order valence-corrected chi connectivity index (χ1v) is 8.70. The van der Waals surface area contributed by atoms with Crippen LogP contribution < -0.4 is 4.74 Å². The molecule has 1 N–H and O–H groups in total. The molecule has 118 valence electrons. The van der Waals surface area contributed by atoms with Gasteiger partial charge in [-0.3, -0.25) is 0 Å². The number of methoxy groups -OCH3 is 1. The standard InChI is InChI=1S/C20H26O2/c1-20-11-10-14(21)12-13(20)6-7-16-15-4-3-5-19(22-2)17(15)8-9-18(16)20/h3-5,13-14,21H,6-12H2,1-2H3/t13-,14-,20+/m1/s1. The second-order valence-electron chi connectivity index (χ2n) is 7.52. The Hall–Kier alpha value is -1.28. The lowest BCUT2D eigenvalue weighted by Crippen LogP contribution is -2.41. The Balaban J connectivity index is 1.81. The molecule has 2 nitrogen and oxygen atoms in total. The molecule has 0 aromatic heterocycles. The lowest BCUT2D eigenvalue weighted by molar-refractivity contribution is 0.0290. The summed E-state index contributed by atoms with van der Waals surface area (Å²) < 4.78 is 5.58. The summed E-state index contributed by atoms with van der Waals surface area (Å²) in [5.41, 5.74) is 6.44. The zero-order valence-electron chi connectivity index (χ0n) is 13.7. The summed E-state index contributed by atoms with van der Waals surface area (Å²) >= 11 is 0. The van der Waals surface area contributed by atoms with Crippen LogP contribution in [0.1, 0.15) is 56.6 Å². The van der Waals surface area contributed by atoms with E-state index in [0.29, 0.717) is 11.3 Å². The quantitative estimate of drug-likeness (QED) is 0.835. The van der Waals surface area contributed by atoms with E-state index in [4.69, 9.17) is 4.74 Å². The molecule has 2 heteroatoms. The Morgan fingerprint density at radius 1 is 1.18 bits per heavy atom. The van der Waals surface area contributed by atoms with E-state index in [1.165, 1.54) is 30.4 Å². The first-order valence-electron chi connectivity index (χ1n) is 8.70. The van der Waals surface area contributed by atoms with Gasteiger partial charge in [0, 0.05) is 5.56 Å². The summed E-state index contributed by atoms with van der Waals surface area (Å²) in [5, 5.41) is 10.1. The number of benzene rings is 1. The van der Waals surface area contributed by atoms with Crippen molar-refractivity contribution in [2.75, 3.05) is 7.11 Å². The van der Waals surface area contributed by atoms with Crippen LogP contribution in [0.2, 0.25) is 0 Å². The highest BCUT2D eigenvalue weighted by molar-refractivity contribution is 5.76. The molecule has 1 aromatic rings. The number of hydrogen-bond donors (Lipinski definition) is 1. The number of hydrogen-bond acceptors (Lipinski definition) is 2. The van der Waals surface area contributed by atoms with Gasteiger partial charge in [0.25, 0.3) is 0 Å². The molecule has 0 saturated heterocycles. The largest absolute Gasteiger partial charge is 0.496 e. The zero-order chi connectivity index (χ0) is 15.3. The molecule has 0 spiro atoms. The minimum Gasteiger partial charge on any atom is -0.496 e. The molecule has 22 heavy (non-hydrogen) atoms. The first-order chi connectivity index (χ1) is 10.6. The average Bonchev–Trinajstić information content (AvgIpc) is 2.54. The molecule has 4 rings (SSSR count). The highest BCUT2D eigenvalue weighted by atomic mass is 16.5. The van der Waals surface area contributed by atoms with Crippen molar-refractivity contribution in [2.45, 2.75) is 58.0 Å². The van der Waals surface area contributed by atoms with E-state index < -0.39 is 0 Å². The van der Waals surface area contributed by atoms with Gasteiger partial charge in [0.15, 0.2) is 0 Å². The third kappa shape index (κ3) is 1.96. The highest BCUT2D eigenvalue weighted by Gasteiger charge is 2.46. The van der Waals surface area contributed by atoms with Gasteiger partial charge in [-0.05, 0) is 73.5 Å². The number of ether oxygens (including phenoxy) is 1. The van der Waals surface area contributed by atoms with Gasteiger partial charge < -0.3 is 9.84 Å². The van der Waals surface area contributed by atoms with Crippen LogP contribution in [-0.2, 0) is 6.42 Å². The molecule has 1 fully saturated rings. The van der Waals surface area contributed by atoms with E-state index in [2.05, 4.69) is 25.1 Å². The first kappa shape index (κ1) is 14.3. The number of fused-ring (bicyclic) bond motifs is 4. The summed E-state index contributed by atoms with van der Waals surface area (Å²) in [5.74, 6) is 1.72. The van der Waals surface area contributed by atoms with Crippen molar-refractivity contribution in [1.82, 2.24) is 0 Å². The van der Waals surface area contributed by atoms with Crippen molar-refractivity contribution >= 4 is 5.57 Å². The van der Waals surface area contributed by atoms with Gasteiger partial charge in [0.2, 0.25) is 0 Å². The van der Waals surface area contributed by atoms with Crippen LogP contribution in [-0.4, -0.2) is 18.3 Å². The van der Waals surface area contributed by atoms with Crippen molar-refractivity contribution < 1.29 is 9.84 Å². The zero-order valence-corrected chi connectivity index (χ0v) is 13.7. The second kappa shape index (κ2) is 5.13. The molecule has 3 aliphatic carbocycles. The fourth-order valence-electron chi connectivity index (χ4n) is 5.31. The van der Waals surface area contributed by atoms with Gasteiger partial charge >= 0.3 is 0 Å². The Bertz CT molecular complexity index is 631. The maximum atomic E-state index is 10.1. The van der Waals surface area contributed by atoms with Gasteiger partial charge in [-0.15, -0.1) is 0 Å². The van der Waals surface area contributed by atoms with E-state index in [1.807, 2.05) is 0 Å². The molecule has 0 radical (unpaired) electrons. The van der Waals surface area contributed by atoms with Crippen LogP contribution >= 0.6 is 0 Å². The van der Waals surface area contributed by atoms with Crippen LogP contribution in [0.5, 0.6) is 5.75 Å². The Morgan fingerprint density at radius 3 is 2.86 bits per heavy atom. The van der Waals surface area contributed by atoms with Crippen LogP contribution in [0.3, 0.4) is 0 Å². The lowest BCUT2D eigenvalue weighted by Gasteiger charge is -2.50. The summed E-state index contributed by atoms with van der Waals surface area (Å²) in [6, 6.07) is 6.51. The maximum Gasteiger partial charge on any atom is 0.122 e. The predicted molar refractivity (Wildman–Crippen MR) is 88.9 cm³/mol. The topological polar surface area (TPSA) is 29.5 Å². The molecule has 0 aliphatic heterocycles. The third-order valence-corrected chi connectivity index (χ3v) is 6.55.